The molecule has 0 unspecified atom stereocenters. The molecule has 0 radical (unpaired) electrons. The lowest BCUT2D eigenvalue weighted by molar-refractivity contribution is 0.206. The van der Waals surface area contributed by atoms with Gasteiger partial charge in [-0.25, -0.2) is 0 Å². The van der Waals surface area contributed by atoms with Gasteiger partial charge in [-0.3, -0.25) is 4.90 Å². The molecule has 0 amide bonds. The van der Waals surface area contributed by atoms with Crippen molar-refractivity contribution in [2.45, 2.75) is 6.42 Å². The first-order valence-corrected chi connectivity index (χ1v) is 5.31. The van der Waals surface area contributed by atoms with E-state index in [2.05, 4.69) is 28.2 Å². The van der Waals surface area contributed by atoms with E-state index >= 15 is 0 Å². The number of hydrogen-bond donors (Lipinski definition) is 1. The standard InChI is InChI=1S/C10H20N4/c1-13(6-2-3-11)9-10-14-7-4-12-5-8-14/h12H,2,4-10H2,1H3. The Morgan fingerprint density at radius 1 is 1.36 bits per heavy atom. The van der Waals surface area contributed by atoms with Crippen LogP contribution in [0.25, 0.3) is 0 Å². The highest BCUT2D eigenvalue weighted by atomic mass is 15.2. The van der Waals surface area contributed by atoms with Crippen molar-refractivity contribution in [1.82, 2.24) is 15.1 Å². The smallest absolute Gasteiger partial charge is 0.0635 e. The molecular weight excluding hydrogens is 176 g/mol. The number of piperazine rings is 1. The van der Waals surface area contributed by atoms with Crippen LogP contribution in [0.4, 0.5) is 0 Å². The van der Waals surface area contributed by atoms with Gasteiger partial charge in [0, 0.05) is 52.2 Å². The van der Waals surface area contributed by atoms with Crippen molar-refractivity contribution < 1.29 is 0 Å². The molecule has 0 aromatic rings. The van der Waals surface area contributed by atoms with E-state index in [1.54, 1.807) is 0 Å². The molecule has 4 heteroatoms. The lowest BCUT2D eigenvalue weighted by atomic mass is 10.3. The zero-order chi connectivity index (χ0) is 10.2. The molecule has 1 aliphatic heterocycles. The summed E-state index contributed by atoms with van der Waals surface area (Å²) in [6, 6.07) is 2.17. The van der Waals surface area contributed by atoms with Crippen molar-refractivity contribution in [2.75, 3.05) is 52.9 Å². The molecule has 14 heavy (non-hydrogen) atoms. The molecule has 80 valence electrons. The van der Waals surface area contributed by atoms with Crippen LogP contribution in [-0.2, 0) is 0 Å². The van der Waals surface area contributed by atoms with Crippen LogP contribution >= 0.6 is 0 Å². The van der Waals surface area contributed by atoms with Crippen molar-refractivity contribution >= 4 is 0 Å². The minimum Gasteiger partial charge on any atom is -0.314 e. The van der Waals surface area contributed by atoms with E-state index in [0.717, 1.165) is 45.8 Å². The normalized spacial score (nSPS) is 18.4. The van der Waals surface area contributed by atoms with E-state index in [0.29, 0.717) is 6.42 Å². The van der Waals surface area contributed by atoms with Gasteiger partial charge < -0.3 is 10.2 Å². The van der Waals surface area contributed by atoms with Gasteiger partial charge in [-0.1, -0.05) is 0 Å². The molecule has 0 bridgehead atoms. The fourth-order valence-electron chi connectivity index (χ4n) is 1.60. The van der Waals surface area contributed by atoms with E-state index in [9.17, 15) is 0 Å². The molecule has 1 aliphatic rings. The monoisotopic (exact) mass is 196 g/mol. The van der Waals surface area contributed by atoms with Gasteiger partial charge in [0.1, 0.15) is 0 Å². The van der Waals surface area contributed by atoms with E-state index in [1.165, 1.54) is 0 Å². The Morgan fingerprint density at radius 2 is 2.07 bits per heavy atom. The predicted molar refractivity (Wildman–Crippen MR) is 57.0 cm³/mol. The zero-order valence-electron chi connectivity index (χ0n) is 9.00. The van der Waals surface area contributed by atoms with Gasteiger partial charge in [-0.05, 0) is 7.05 Å². The third kappa shape index (κ3) is 4.56. The van der Waals surface area contributed by atoms with Crippen molar-refractivity contribution in [3.63, 3.8) is 0 Å². The quantitative estimate of drug-likeness (QED) is 0.658. The maximum absolute atomic E-state index is 8.44. The predicted octanol–water partition coefficient (Wildman–Crippen LogP) is -0.263. The summed E-state index contributed by atoms with van der Waals surface area (Å²) < 4.78 is 0. The molecule has 0 aliphatic carbocycles. The van der Waals surface area contributed by atoms with Crippen molar-refractivity contribution in [3.8, 4) is 6.07 Å². The third-order valence-corrected chi connectivity index (χ3v) is 2.61. The van der Waals surface area contributed by atoms with Crippen LogP contribution in [0.3, 0.4) is 0 Å². The Bertz CT molecular complexity index is 181. The number of nitrogens with one attached hydrogen (secondary N) is 1. The summed E-state index contributed by atoms with van der Waals surface area (Å²) in [7, 11) is 2.08. The largest absolute Gasteiger partial charge is 0.314 e. The molecule has 1 heterocycles. The van der Waals surface area contributed by atoms with Crippen LogP contribution in [0, 0.1) is 11.3 Å². The van der Waals surface area contributed by atoms with Gasteiger partial charge in [0.25, 0.3) is 0 Å². The van der Waals surface area contributed by atoms with Gasteiger partial charge >= 0.3 is 0 Å². The molecule has 0 aromatic carbocycles. The lowest BCUT2D eigenvalue weighted by Crippen LogP contribution is -2.46. The topological polar surface area (TPSA) is 42.3 Å². The van der Waals surface area contributed by atoms with Crippen LogP contribution in [0.2, 0.25) is 0 Å². The first-order valence-electron chi connectivity index (χ1n) is 5.31. The second-order valence-electron chi connectivity index (χ2n) is 3.80. The van der Waals surface area contributed by atoms with Crippen molar-refractivity contribution in [3.05, 3.63) is 0 Å². The minimum absolute atomic E-state index is 0.637. The highest BCUT2D eigenvalue weighted by Crippen LogP contribution is 1.93. The van der Waals surface area contributed by atoms with Crippen LogP contribution in [0.5, 0.6) is 0 Å². The zero-order valence-corrected chi connectivity index (χ0v) is 9.00. The maximum Gasteiger partial charge on any atom is 0.0635 e. The highest BCUT2D eigenvalue weighted by molar-refractivity contribution is 4.72. The molecular formula is C10H20N4. The number of likely N-dealkylation sites (N-methyl/N-ethyl adjacent to an activating group) is 1. The Balaban J connectivity index is 2.03. The van der Waals surface area contributed by atoms with E-state index in [-0.39, 0.29) is 0 Å². The van der Waals surface area contributed by atoms with Gasteiger partial charge in [0.2, 0.25) is 0 Å². The highest BCUT2D eigenvalue weighted by Gasteiger charge is 2.09. The molecule has 1 N–H and O–H groups in total. The molecule has 1 saturated heterocycles. The minimum atomic E-state index is 0.637. The summed E-state index contributed by atoms with van der Waals surface area (Å²) >= 11 is 0. The summed E-state index contributed by atoms with van der Waals surface area (Å²) in [5.41, 5.74) is 0. The number of hydrogen-bond acceptors (Lipinski definition) is 4. The molecule has 0 aromatic heterocycles. The lowest BCUT2D eigenvalue weighted by Gasteiger charge is -2.28. The SMILES string of the molecule is CN(CCC#N)CCN1CCNCC1. The Kier molecular flexibility index (Phi) is 5.53. The first-order chi connectivity index (χ1) is 6.83. The van der Waals surface area contributed by atoms with Crippen LogP contribution in [0.15, 0.2) is 0 Å². The van der Waals surface area contributed by atoms with Crippen LogP contribution in [-0.4, -0.2) is 62.7 Å². The third-order valence-electron chi connectivity index (χ3n) is 2.61. The molecule has 0 spiro atoms. The molecule has 1 fully saturated rings. The van der Waals surface area contributed by atoms with Gasteiger partial charge in [-0.2, -0.15) is 5.26 Å². The molecule has 0 saturated carbocycles. The Morgan fingerprint density at radius 3 is 2.71 bits per heavy atom. The molecule has 0 atom stereocenters. The molecule has 4 nitrogen and oxygen atoms in total. The maximum atomic E-state index is 8.44. The van der Waals surface area contributed by atoms with Gasteiger partial charge in [0.05, 0.1) is 6.07 Å². The number of nitrogens with zero attached hydrogens (tertiary/aromatic N) is 3. The second kappa shape index (κ2) is 6.77. The number of nitriles is 1. The Hall–Kier alpha value is -0.630. The average molecular weight is 196 g/mol. The fourth-order valence-corrected chi connectivity index (χ4v) is 1.60. The van der Waals surface area contributed by atoms with E-state index in [1.807, 2.05) is 0 Å². The van der Waals surface area contributed by atoms with Crippen LogP contribution in [0.1, 0.15) is 6.42 Å². The van der Waals surface area contributed by atoms with Gasteiger partial charge in [-0.15, -0.1) is 0 Å². The number of rotatable bonds is 5. The summed E-state index contributed by atoms with van der Waals surface area (Å²) in [5.74, 6) is 0. The fraction of sp³-hybridized carbons (Fsp3) is 0.900. The Labute approximate surface area is 86.5 Å². The van der Waals surface area contributed by atoms with Gasteiger partial charge in [0.15, 0.2) is 0 Å². The van der Waals surface area contributed by atoms with Crippen molar-refractivity contribution in [1.29, 1.82) is 5.26 Å². The van der Waals surface area contributed by atoms with Crippen LogP contribution < -0.4 is 5.32 Å². The van der Waals surface area contributed by atoms with E-state index in [4.69, 9.17) is 5.26 Å². The summed E-state index contributed by atoms with van der Waals surface area (Å²) in [4.78, 5) is 4.70. The van der Waals surface area contributed by atoms with E-state index < -0.39 is 0 Å². The second-order valence-corrected chi connectivity index (χ2v) is 3.80. The summed E-state index contributed by atoms with van der Waals surface area (Å²) in [5, 5.41) is 11.8. The average Bonchev–Trinajstić information content (AvgIpc) is 2.25. The summed E-state index contributed by atoms with van der Waals surface area (Å²) in [6.45, 7) is 7.63. The molecule has 1 rings (SSSR count). The summed E-state index contributed by atoms with van der Waals surface area (Å²) in [6.07, 6.45) is 0.637. The van der Waals surface area contributed by atoms with Crippen molar-refractivity contribution in [2.24, 2.45) is 0 Å². The first kappa shape index (κ1) is 11.4.